The van der Waals surface area contributed by atoms with E-state index in [0.29, 0.717) is 31.2 Å². The molecule has 1 fully saturated rings. The molecule has 0 aromatic heterocycles. The zero-order chi connectivity index (χ0) is 18.6. The first kappa shape index (κ1) is 22.1. The van der Waals surface area contributed by atoms with Crippen molar-refractivity contribution in [1.82, 2.24) is 4.90 Å². The van der Waals surface area contributed by atoms with Gasteiger partial charge in [-0.3, -0.25) is 4.90 Å². The third-order valence-electron chi connectivity index (χ3n) is 5.28. The predicted molar refractivity (Wildman–Crippen MR) is 109 cm³/mol. The molecule has 1 saturated heterocycles. The van der Waals surface area contributed by atoms with Gasteiger partial charge in [0.05, 0.1) is 18.8 Å². The standard InChI is InChI=1S/C21H25ClFNO2.ClH/c1-2-21(25,17-5-9-19(23)10-6-17)20(15-24-11-13-26-14-12-24)16-3-7-18(22)8-4-16;/h3-10,20,25H,2,11-15H2,1H3;1H. The number of ether oxygens (including phenoxy) is 1. The average molecular weight is 414 g/mol. The van der Waals surface area contributed by atoms with E-state index in [1.165, 1.54) is 12.1 Å². The first-order valence-electron chi connectivity index (χ1n) is 9.07. The van der Waals surface area contributed by atoms with Crippen LogP contribution >= 0.6 is 24.0 Å². The zero-order valence-electron chi connectivity index (χ0n) is 15.4. The molecule has 2 atom stereocenters. The molecule has 6 heteroatoms. The Bertz CT molecular complexity index is 705. The van der Waals surface area contributed by atoms with Gasteiger partial charge >= 0.3 is 0 Å². The Morgan fingerprint density at radius 2 is 1.70 bits per heavy atom. The maximum atomic E-state index is 13.4. The SMILES string of the molecule is CCC(O)(c1ccc(F)cc1)C(CN1CCOCC1)c1ccc(Cl)cc1.Cl. The third-order valence-corrected chi connectivity index (χ3v) is 5.53. The van der Waals surface area contributed by atoms with E-state index in [9.17, 15) is 9.50 Å². The maximum Gasteiger partial charge on any atom is 0.123 e. The monoisotopic (exact) mass is 413 g/mol. The van der Waals surface area contributed by atoms with Crippen molar-refractivity contribution < 1.29 is 14.2 Å². The van der Waals surface area contributed by atoms with E-state index in [-0.39, 0.29) is 24.1 Å². The summed E-state index contributed by atoms with van der Waals surface area (Å²) in [5, 5.41) is 12.3. The Balaban J connectivity index is 0.00000261. The minimum atomic E-state index is -1.10. The largest absolute Gasteiger partial charge is 0.384 e. The summed E-state index contributed by atoms with van der Waals surface area (Å²) >= 11 is 6.06. The summed E-state index contributed by atoms with van der Waals surface area (Å²) in [5.41, 5.74) is 0.656. The van der Waals surface area contributed by atoms with E-state index in [2.05, 4.69) is 4.90 Å². The number of hydrogen-bond donors (Lipinski definition) is 1. The van der Waals surface area contributed by atoms with Crippen molar-refractivity contribution in [3.05, 3.63) is 70.5 Å². The van der Waals surface area contributed by atoms with Crippen molar-refractivity contribution in [2.75, 3.05) is 32.8 Å². The lowest BCUT2D eigenvalue weighted by atomic mass is 9.75. The molecule has 3 nitrogen and oxygen atoms in total. The lowest BCUT2D eigenvalue weighted by molar-refractivity contribution is -0.0250. The second-order valence-electron chi connectivity index (χ2n) is 6.80. The van der Waals surface area contributed by atoms with Crippen molar-refractivity contribution in [3.8, 4) is 0 Å². The molecule has 1 aliphatic rings. The van der Waals surface area contributed by atoms with E-state index >= 15 is 0 Å². The number of aliphatic hydroxyl groups is 1. The molecular formula is C21H26Cl2FNO2. The molecule has 2 aromatic rings. The summed E-state index contributed by atoms with van der Waals surface area (Å²) in [5.74, 6) is -0.461. The zero-order valence-corrected chi connectivity index (χ0v) is 17.0. The molecule has 1 heterocycles. The Morgan fingerprint density at radius 1 is 1.11 bits per heavy atom. The number of halogens is 3. The highest BCUT2D eigenvalue weighted by Gasteiger charge is 2.39. The molecule has 0 aliphatic carbocycles. The van der Waals surface area contributed by atoms with Crippen LogP contribution < -0.4 is 0 Å². The Hall–Kier alpha value is -1.17. The lowest BCUT2D eigenvalue weighted by Crippen LogP contribution is -2.44. The second kappa shape index (κ2) is 9.85. The molecule has 0 radical (unpaired) electrons. The topological polar surface area (TPSA) is 32.7 Å². The Labute approximate surface area is 171 Å². The van der Waals surface area contributed by atoms with Crippen LogP contribution in [0.3, 0.4) is 0 Å². The quantitative estimate of drug-likeness (QED) is 0.749. The number of morpholine rings is 1. The maximum absolute atomic E-state index is 13.4. The van der Waals surface area contributed by atoms with Gasteiger partial charge in [0.2, 0.25) is 0 Å². The highest BCUT2D eigenvalue weighted by Crippen LogP contribution is 2.40. The van der Waals surface area contributed by atoms with Gasteiger partial charge in [0.1, 0.15) is 5.82 Å². The summed E-state index contributed by atoms with van der Waals surface area (Å²) in [7, 11) is 0. The number of nitrogens with zero attached hydrogens (tertiary/aromatic N) is 1. The van der Waals surface area contributed by atoms with Crippen LogP contribution in [0.1, 0.15) is 30.4 Å². The molecule has 0 spiro atoms. The van der Waals surface area contributed by atoms with Gasteiger partial charge in [0.15, 0.2) is 0 Å². The molecule has 0 bridgehead atoms. The molecule has 0 saturated carbocycles. The van der Waals surface area contributed by atoms with Crippen molar-refractivity contribution in [2.24, 2.45) is 0 Å². The average Bonchev–Trinajstić information content (AvgIpc) is 2.68. The van der Waals surface area contributed by atoms with Crippen molar-refractivity contribution in [3.63, 3.8) is 0 Å². The van der Waals surface area contributed by atoms with Crippen LogP contribution in [0.15, 0.2) is 48.5 Å². The molecular weight excluding hydrogens is 388 g/mol. The van der Waals surface area contributed by atoms with E-state index in [1.54, 1.807) is 12.1 Å². The summed E-state index contributed by atoms with van der Waals surface area (Å²) in [4.78, 5) is 2.31. The molecule has 148 valence electrons. The van der Waals surface area contributed by atoms with Crippen molar-refractivity contribution >= 4 is 24.0 Å². The van der Waals surface area contributed by atoms with Crippen molar-refractivity contribution in [1.29, 1.82) is 0 Å². The predicted octanol–water partition coefficient (Wildman–Crippen LogP) is 4.61. The number of rotatable bonds is 6. The fourth-order valence-electron chi connectivity index (χ4n) is 3.66. The van der Waals surface area contributed by atoms with Gasteiger partial charge < -0.3 is 9.84 Å². The molecule has 2 unspecified atom stereocenters. The first-order valence-corrected chi connectivity index (χ1v) is 9.44. The minimum absolute atomic E-state index is 0. The van der Waals surface area contributed by atoms with E-state index in [1.807, 2.05) is 31.2 Å². The molecule has 2 aromatic carbocycles. The lowest BCUT2D eigenvalue weighted by Gasteiger charge is -2.40. The van der Waals surface area contributed by atoms with Gasteiger partial charge in [0.25, 0.3) is 0 Å². The van der Waals surface area contributed by atoms with Crippen LogP contribution in [0.2, 0.25) is 5.02 Å². The highest BCUT2D eigenvalue weighted by atomic mass is 35.5. The molecule has 3 rings (SSSR count). The fraction of sp³-hybridized carbons (Fsp3) is 0.429. The first-order chi connectivity index (χ1) is 12.5. The fourth-order valence-corrected chi connectivity index (χ4v) is 3.79. The molecule has 27 heavy (non-hydrogen) atoms. The van der Waals surface area contributed by atoms with Gasteiger partial charge in [-0.15, -0.1) is 12.4 Å². The van der Waals surface area contributed by atoms with E-state index in [0.717, 1.165) is 24.2 Å². The normalized spacial score (nSPS) is 18.4. The second-order valence-corrected chi connectivity index (χ2v) is 7.24. The van der Waals surface area contributed by atoms with Gasteiger partial charge in [-0.25, -0.2) is 4.39 Å². The summed E-state index contributed by atoms with van der Waals surface area (Å²) in [6.07, 6.45) is 0.524. The van der Waals surface area contributed by atoms with E-state index in [4.69, 9.17) is 16.3 Å². The summed E-state index contributed by atoms with van der Waals surface area (Å²) in [6, 6.07) is 13.8. The molecule has 1 N–H and O–H groups in total. The molecule has 1 aliphatic heterocycles. The van der Waals surface area contributed by atoms with Gasteiger partial charge in [-0.1, -0.05) is 42.8 Å². The smallest absolute Gasteiger partial charge is 0.123 e. The van der Waals surface area contributed by atoms with Crippen LogP contribution in [0.4, 0.5) is 4.39 Å². The summed E-state index contributed by atoms with van der Waals surface area (Å²) < 4.78 is 18.9. The van der Waals surface area contributed by atoms with E-state index < -0.39 is 5.60 Å². The van der Waals surface area contributed by atoms with Crippen LogP contribution in [0.25, 0.3) is 0 Å². The van der Waals surface area contributed by atoms with Gasteiger partial charge in [-0.2, -0.15) is 0 Å². The van der Waals surface area contributed by atoms with Crippen LogP contribution in [0, 0.1) is 5.82 Å². The highest BCUT2D eigenvalue weighted by molar-refractivity contribution is 6.30. The number of hydrogen-bond acceptors (Lipinski definition) is 3. The molecule has 0 amide bonds. The minimum Gasteiger partial charge on any atom is -0.384 e. The van der Waals surface area contributed by atoms with Gasteiger partial charge in [0, 0.05) is 30.6 Å². The van der Waals surface area contributed by atoms with Crippen LogP contribution in [-0.2, 0) is 10.3 Å². The summed E-state index contributed by atoms with van der Waals surface area (Å²) in [6.45, 7) is 5.75. The Kier molecular flexibility index (Phi) is 8.07. The van der Waals surface area contributed by atoms with Crippen molar-refractivity contribution in [2.45, 2.75) is 24.9 Å². The Morgan fingerprint density at radius 3 is 2.26 bits per heavy atom. The van der Waals surface area contributed by atoms with Crippen LogP contribution in [-0.4, -0.2) is 42.9 Å². The number of benzene rings is 2. The van der Waals surface area contributed by atoms with Gasteiger partial charge in [-0.05, 0) is 41.8 Å². The van der Waals surface area contributed by atoms with Crippen LogP contribution in [0.5, 0.6) is 0 Å². The third kappa shape index (κ3) is 5.21.